The van der Waals surface area contributed by atoms with Crippen molar-refractivity contribution < 1.29 is 4.42 Å². The van der Waals surface area contributed by atoms with E-state index in [0.717, 1.165) is 27.6 Å². The fourth-order valence-corrected chi connectivity index (χ4v) is 8.04. The van der Waals surface area contributed by atoms with Gasteiger partial charge >= 0.3 is 0 Å². The van der Waals surface area contributed by atoms with E-state index in [-0.39, 0.29) is 5.41 Å². The summed E-state index contributed by atoms with van der Waals surface area (Å²) in [4.78, 5) is 0. The lowest BCUT2D eigenvalue weighted by Gasteiger charge is -2.21. The van der Waals surface area contributed by atoms with Crippen molar-refractivity contribution in [3.05, 3.63) is 163 Å². The topological polar surface area (TPSA) is 18.1 Å². The first-order valence-electron chi connectivity index (χ1n) is 16.4. The van der Waals surface area contributed by atoms with Crippen LogP contribution < -0.4 is 0 Å². The number of furan rings is 1. The van der Waals surface area contributed by atoms with Crippen LogP contribution in [0.5, 0.6) is 0 Å². The summed E-state index contributed by atoms with van der Waals surface area (Å²) in [5, 5.41) is 4.77. The van der Waals surface area contributed by atoms with Crippen molar-refractivity contribution >= 4 is 43.7 Å². The first-order chi connectivity index (χ1) is 23.1. The average molecular weight is 602 g/mol. The lowest BCUT2D eigenvalue weighted by Crippen LogP contribution is -2.14. The van der Waals surface area contributed by atoms with Gasteiger partial charge in [0.1, 0.15) is 5.58 Å². The number of benzene rings is 7. The van der Waals surface area contributed by atoms with Crippen molar-refractivity contribution in [2.75, 3.05) is 0 Å². The van der Waals surface area contributed by atoms with Crippen LogP contribution in [-0.2, 0) is 5.41 Å². The van der Waals surface area contributed by atoms with Crippen LogP contribution in [0.15, 0.2) is 156 Å². The maximum absolute atomic E-state index is 6.64. The van der Waals surface area contributed by atoms with Gasteiger partial charge in [-0.1, -0.05) is 135 Å². The SMILES string of the molecule is CC1(C)c2ccccc2-c2cc3c4ccc(-c5ccc(-c6ccccc6)cc5)cc4n(-c4cccc5c4oc4ccccc45)c3cc21. The molecular weight excluding hydrogens is 571 g/mol. The zero-order chi connectivity index (χ0) is 31.3. The highest BCUT2D eigenvalue weighted by atomic mass is 16.3. The van der Waals surface area contributed by atoms with E-state index in [0.29, 0.717) is 0 Å². The molecular formula is C45H31NO. The molecule has 0 N–H and O–H groups in total. The minimum Gasteiger partial charge on any atom is -0.454 e. The highest BCUT2D eigenvalue weighted by Gasteiger charge is 2.36. The summed E-state index contributed by atoms with van der Waals surface area (Å²) in [6.45, 7) is 4.71. The van der Waals surface area contributed by atoms with Crippen LogP contribution >= 0.6 is 0 Å². The van der Waals surface area contributed by atoms with Crippen LogP contribution in [0.25, 0.3) is 82.8 Å². The quantitative estimate of drug-likeness (QED) is 0.197. The molecule has 1 aliphatic carbocycles. The van der Waals surface area contributed by atoms with Crippen molar-refractivity contribution in [3.8, 4) is 39.1 Å². The van der Waals surface area contributed by atoms with E-state index in [9.17, 15) is 0 Å². The van der Waals surface area contributed by atoms with E-state index >= 15 is 0 Å². The van der Waals surface area contributed by atoms with E-state index in [4.69, 9.17) is 4.42 Å². The average Bonchev–Trinajstić information content (AvgIpc) is 3.73. The summed E-state index contributed by atoms with van der Waals surface area (Å²) in [6.07, 6.45) is 0. The second kappa shape index (κ2) is 9.57. The van der Waals surface area contributed by atoms with Crippen molar-refractivity contribution in [2.45, 2.75) is 19.3 Å². The Kier molecular flexibility index (Phi) is 5.37. The van der Waals surface area contributed by atoms with Gasteiger partial charge in [-0.3, -0.25) is 0 Å². The Bertz CT molecular complexity index is 2690. The Morgan fingerprint density at radius 3 is 1.96 bits per heavy atom. The number of rotatable bonds is 3. The monoisotopic (exact) mass is 601 g/mol. The summed E-state index contributed by atoms with van der Waals surface area (Å²) >= 11 is 0. The standard InChI is InChI=1S/C45H31NO/c1-45(2)38-16-8-6-13-32(38)36-26-37-33-24-23-31(30-21-19-29(20-22-30)28-11-4-3-5-12-28)25-41(33)46(42(37)27-39(36)45)40-17-10-15-35-34-14-7-9-18-43(34)47-44(35)40/h3-27H,1-2H3. The third-order valence-corrected chi connectivity index (χ3v) is 10.4. The van der Waals surface area contributed by atoms with Gasteiger partial charge in [-0.25, -0.2) is 0 Å². The molecule has 0 unspecified atom stereocenters. The number of nitrogens with zero attached hydrogens (tertiary/aromatic N) is 1. The van der Waals surface area contributed by atoms with E-state index < -0.39 is 0 Å². The van der Waals surface area contributed by atoms with Crippen molar-refractivity contribution in [1.82, 2.24) is 4.57 Å². The Balaban J connectivity index is 1.26. The van der Waals surface area contributed by atoms with E-state index in [1.807, 2.05) is 6.07 Å². The summed E-state index contributed by atoms with van der Waals surface area (Å²) in [6, 6.07) is 55.1. The number of fused-ring (bicyclic) bond motifs is 9. The molecule has 1 aliphatic rings. The second-order valence-electron chi connectivity index (χ2n) is 13.3. The molecule has 0 spiro atoms. The molecule has 2 aromatic heterocycles. The zero-order valence-electron chi connectivity index (χ0n) is 26.3. The van der Waals surface area contributed by atoms with Crippen molar-refractivity contribution in [3.63, 3.8) is 0 Å². The number of aromatic nitrogens is 1. The molecule has 0 amide bonds. The fourth-order valence-electron chi connectivity index (χ4n) is 8.04. The maximum Gasteiger partial charge on any atom is 0.159 e. The lowest BCUT2D eigenvalue weighted by atomic mass is 9.82. The molecule has 0 bridgehead atoms. The predicted octanol–water partition coefficient (Wildman–Crippen LogP) is 12.3. The van der Waals surface area contributed by atoms with E-state index in [1.54, 1.807) is 0 Å². The number of hydrogen-bond acceptors (Lipinski definition) is 1. The van der Waals surface area contributed by atoms with Crippen molar-refractivity contribution in [1.29, 1.82) is 0 Å². The molecule has 47 heavy (non-hydrogen) atoms. The minimum absolute atomic E-state index is 0.0988. The molecule has 2 nitrogen and oxygen atoms in total. The first kappa shape index (κ1) is 26.4. The van der Waals surface area contributed by atoms with Gasteiger partial charge in [-0.2, -0.15) is 0 Å². The highest BCUT2D eigenvalue weighted by Crippen LogP contribution is 2.51. The van der Waals surface area contributed by atoms with Gasteiger partial charge in [0.25, 0.3) is 0 Å². The number of para-hydroxylation sites is 2. The molecule has 0 saturated carbocycles. The van der Waals surface area contributed by atoms with Gasteiger partial charge in [0.15, 0.2) is 5.58 Å². The summed E-state index contributed by atoms with van der Waals surface area (Å²) < 4.78 is 9.08. The zero-order valence-corrected chi connectivity index (χ0v) is 26.3. The molecule has 0 saturated heterocycles. The normalized spacial score (nSPS) is 13.5. The van der Waals surface area contributed by atoms with Crippen LogP contribution in [0.4, 0.5) is 0 Å². The molecule has 10 rings (SSSR count). The largest absolute Gasteiger partial charge is 0.454 e. The summed E-state index contributed by atoms with van der Waals surface area (Å²) in [7, 11) is 0. The molecule has 0 aliphatic heterocycles. The minimum atomic E-state index is -0.0988. The Labute approximate surface area is 273 Å². The Hall–Kier alpha value is -5.86. The van der Waals surface area contributed by atoms with Crippen LogP contribution in [0.2, 0.25) is 0 Å². The molecule has 7 aromatic carbocycles. The van der Waals surface area contributed by atoms with Gasteiger partial charge in [0.2, 0.25) is 0 Å². The third-order valence-electron chi connectivity index (χ3n) is 10.4. The van der Waals surface area contributed by atoms with Gasteiger partial charge in [0, 0.05) is 27.0 Å². The van der Waals surface area contributed by atoms with E-state index in [2.05, 4.69) is 164 Å². The molecule has 222 valence electrons. The van der Waals surface area contributed by atoms with Crippen LogP contribution in [0.1, 0.15) is 25.0 Å². The molecule has 0 radical (unpaired) electrons. The number of hydrogen-bond donors (Lipinski definition) is 0. The molecule has 0 fully saturated rings. The molecule has 9 aromatic rings. The van der Waals surface area contributed by atoms with Crippen LogP contribution in [0.3, 0.4) is 0 Å². The highest BCUT2D eigenvalue weighted by molar-refractivity contribution is 6.14. The van der Waals surface area contributed by atoms with Gasteiger partial charge in [0.05, 0.1) is 16.7 Å². The molecule has 2 heteroatoms. The van der Waals surface area contributed by atoms with Gasteiger partial charge in [-0.15, -0.1) is 0 Å². The second-order valence-corrected chi connectivity index (χ2v) is 13.3. The maximum atomic E-state index is 6.64. The Morgan fingerprint density at radius 2 is 1.11 bits per heavy atom. The van der Waals surface area contributed by atoms with Gasteiger partial charge in [-0.05, 0) is 74.8 Å². The van der Waals surface area contributed by atoms with Crippen molar-refractivity contribution in [2.24, 2.45) is 0 Å². The predicted molar refractivity (Wildman–Crippen MR) is 196 cm³/mol. The smallest absolute Gasteiger partial charge is 0.159 e. The summed E-state index contributed by atoms with van der Waals surface area (Å²) in [5.41, 5.74) is 15.4. The fraction of sp³-hybridized carbons (Fsp3) is 0.0667. The molecule has 0 atom stereocenters. The summed E-state index contributed by atoms with van der Waals surface area (Å²) in [5.74, 6) is 0. The molecule has 2 heterocycles. The van der Waals surface area contributed by atoms with Crippen LogP contribution in [-0.4, -0.2) is 4.57 Å². The van der Waals surface area contributed by atoms with Gasteiger partial charge < -0.3 is 8.98 Å². The van der Waals surface area contributed by atoms with E-state index in [1.165, 1.54) is 66.3 Å². The Morgan fingerprint density at radius 1 is 0.447 bits per heavy atom. The lowest BCUT2D eigenvalue weighted by molar-refractivity contribution is 0.660. The van der Waals surface area contributed by atoms with Crippen LogP contribution in [0, 0.1) is 0 Å². The first-order valence-corrected chi connectivity index (χ1v) is 16.4. The third kappa shape index (κ3) is 3.73.